The van der Waals surface area contributed by atoms with Gasteiger partial charge in [-0.1, -0.05) is 350 Å². The third-order valence-electron chi connectivity index (χ3n) is 18.1. The van der Waals surface area contributed by atoms with Crippen LogP contribution in [0.25, 0.3) is 0 Å². The molecule has 3 N–H and O–H groups in total. The molecule has 0 aliphatic carbocycles. The van der Waals surface area contributed by atoms with Gasteiger partial charge in [-0.15, -0.1) is 0 Å². The van der Waals surface area contributed by atoms with Crippen LogP contribution >= 0.6 is 15.6 Å². The molecule has 19 heteroatoms. The molecular formula is C78H152O17P2. The normalized spacial score (nSPS) is 14.0. The summed E-state index contributed by atoms with van der Waals surface area (Å²) in [6.45, 7) is 11.8. The lowest BCUT2D eigenvalue weighted by atomic mass is 10.0. The van der Waals surface area contributed by atoms with Gasteiger partial charge in [-0.2, -0.15) is 0 Å². The Labute approximate surface area is 594 Å². The van der Waals surface area contributed by atoms with Gasteiger partial charge in [-0.25, -0.2) is 9.13 Å². The summed E-state index contributed by atoms with van der Waals surface area (Å²) >= 11 is 0. The Morgan fingerprint density at radius 2 is 0.474 bits per heavy atom. The molecule has 0 saturated heterocycles. The van der Waals surface area contributed by atoms with E-state index >= 15 is 0 Å². The van der Waals surface area contributed by atoms with Crippen molar-refractivity contribution >= 4 is 39.5 Å². The Balaban J connectivity index is 5.22. The summed E-state index contributed by atoms with van der Waals surface area (Å²) in [5.41, 5.74) is 0. The van der Waals surface area contributed by atoms with Gasteiger partial charge in [0.25, 0.3) is 0 Å². The van der Waals surface area contributed by atoms with E-state index in [1.165, 1.54) is 205 Å². The van der Waals surface area contributed by atoms with E-state index in [9.17, 15) is 43.2 Å². The van der Waals surface area contributed by atoms with Crippen molar-refractivity contribution in [1.82, 2.24) is 0 Å². The highest BCUT2D eigenvalue weighted by Crippen LogP contribution is 2.45. The Hall–Kier alpha value is -1.94. The van der Waals surface area contributed by atoms with E-state index in [0.717, 1.165) is 108 Å². The number of carbonyl (C=O) groups is 4. The summed E-state index contributed by atoms with van der Waals surface area (Å²) < 4.78 is 68.6. The van der Waals surface area contributed by atoms with Gasteiger partial charge >= 0.3 is 39.5 Å². The molecule has 0 rings (SSSR count). The minimum atomic E-state index is -4.96. The number of phosphoric acid groups is 2. The molecule has 97 heavy (non-hydrogen) atoms. The number of esters is 4. The van der Waals surface area contributed by atoms with E-state index in [0.29, 0.717) is 31.6 Å². The number of ether oxygens (including phenoxy) is 4. The summed E-state index contributed by atoms with van der Waals surface area (Å²) in [6, 6.07) is 0. The largest absolute Gasteiger partial charge is 0.472 e. The summed E-state index contributed by atoms with van der Waals surface area (Å²) in [4.78, 5) is 72.8. The van der Waals surface area contributed by atoms with Crippen molar-refractivity contribution in [2.75, 3.05) is 39.6 Å². The summed E-state index contributed by atoms with van der Waals surface area (Å²) in [5, 5.41) is 10.6. The number of phosphoric ester groups is 2. The number of carbonyl (C=O) groups excluding carboxylic acids is 4. The van der Waals surface area contributed by atoms with Gasteiger partial charge in [-0.3, -0.25) is 37.3 Å². The fourth-order valence-electron chi connectivity index (χ4n) is 12.0. The molecule has 0 aromatic carbocycles. The Morgan fingerprint density at radius 3 is 0.701 bits per heavy atom. The lowest BCUT2D eigenvalue weighted by Crippen LogP contribution is -2.30. The second-order valence-corrected chi connectivity index (χ2v) is 32.4. The van der Waals surface area contributed by atoms with E-state index < -0.39 is 97.5 Å². The zero-order valence-electron chi connectivity index (χ0n) is 63.5. The number of unbranched alkanes of at least 4 members (excludes halogenated alkanes) is 44. The molecule has 0 amide bonds. The third-order valence-corrected chi connectivity index (χ3v) is 20.0. The monoisotopic (exact) mass is 1420 g/mol. The number of rotatable bonds is 76. The van der Waals surface area contributed by atoms with Crippen LogP contribution in [0.3, 0.4) is 0 Å². The molecule has 0 aromatic rings. The maximum atomic E-state index is 13.1. The van der Waals surface area contributed by atoms with E-state index in [4.69, 9.17) is 37.0 Å². The smallest absolute Gasteiger partial charge is 0.462 e. The van der Waals surface area contributed by atoms with Crippen molar-refractivity contribution in [3.8, 4) is 0 Å². The molecule has 0 bridgehead atoms. The van der Waals surface area contributed by atoms with Crippen LogP contribution in [0.2, 0.25) is 0 Å². The zero-order chi connectivity index (χ0) is 71.6. The lowest BCUT2D eigenvalue weighted by molar-refractivity contribution is -0.161. The van der Waals surface area contributed by atoms with Gasteiger partial charge in [0.1, 0.15) is 19.3 Å². The van der Waals surface area contributed by atoms with Crippen LogP contribution in [-0.2, 0) is 65.4 Å². The average Bonchev–Trinajstić information content (AvgIpc) is 1.28. The van der Waals surface area contributed by atoms with Crippen LogP contribution in [0.15, 0.2) is 0 Å². The van der Waals surface area contributed by atoms with Crippen LogP contribution in [0.5, 0.6) is 0 Å². The first-order chi connectivity index (χ1) is 46.7. The topological polar surface area (TPSA) is 237 Å². The van der Waals surface area contributed by atoms with Gasteiger partial charge in [0.2, 0.25) is 0 Å². The molecule has 5 atom stereocenters. The number of hydrogen-bond donors (Lipinski definition) is 3. The SMILES string of the molecule is CCCCCCCCCCCCCCCCCCCCCC(=O)O[C@H](COC(=O)CCCCCCCCCCCCCCCCC(C)C)COP(=O)(O)OC[C@@H](O)COP(=O)(O)OC[C@@H](COC(=O)CCCCCCCCCC(C)C)OC(=O)CCCCCCCCCCC(C)C. The fourth-order valence-corrected chi connectivity index (χ4v) is 13.5. The molecule has 0 radical (unpaired) electrons. The number of aliphatic hydroxyl groups excluding tert-OH is 1. The molecule has 0 fully saturated rings. The van der Waals surface area contributed by atoms with Crippen LogP contribution in [0.4, 0.5) is 0 Å². The quantitative estimate of drug-likeness (QED) is 0.0222. The van der Waals surface area contributed by atoms with E-state index in [1.807, 2.05) is 0 Å². The van der Waals surface area contributed by atoms with Crippen LogP contribution in [-0.4, -0.2) is 96.7 Å². The Morgan fingerprint density at radius 1 is 0.278 bits per heavy atom. The molecule has 0 heterocycles. The minimum absolute atomic E-state index is 0.104. The maximum absolute atomic E-state index is 13.1. The fraction of sp³-hybridized carbons (Fsp3) is 0.949. The summed E-state index contributed by atoms with van der Waals surface area (Å²) in [5.74, 6) is 0.104. The molecule has 576 valence electrons. The molecule has 0 spiro atoms. The third kappa shape index (κ3) is 72.2. The highest BCUT2D eigenvalue weighted by Gasteiger charge is 2.30. The maximum Gasteiger partial charge on any atom is 0.472 e. The van der Waals surface area contributed by atoms with Crippen LogP contribution in [0, 0.1) is 17.8 Å². The van der Waals surface area contributed by atoms with Gasteiger partial charge in [0, 0.05) is 25.7 Å². The number of aliphatic hydroxyl groups is 1. The first-order valence-electron chi connectivity index (χ1n) is 40.3. The molecule has 0 aromatic heterocycles. The molecule has 2 unspecified atom stereocenters. The van der Waals surface area contributed by atoms with E-state index in [2.05, 4.69) is 48.5 Å². The predicted octanol–water partition coefficient (Wildman–Crippen LogP) is 23.0. The van der Waals surface area contributed by atoms with Crippen molar-refractivity contribution in [3.63, 3.8) is 0 Å². The highest BCUT2D eigenvalue weighted by atomic mass is 31.2. The van der Waals surface area contributed by atoms with Crippen LogP contribution in [0.1, 0.15) is 402 Å². The van der Waals surface area contributed by atoms with Gasteiger partial charge in [0.05, 0.1) is 26.4 Å². The van der Waals surface area contributed by atoms with Crippen molar-refractivity contribution in [3.05, 3.63) is 0 Å². The molecule has 0 aliphatic heterocycles. The van der Waals surface area contributed by atoms with Crippen LogP contribution < -0.4 is 0 Å². The second kappa shape index (κ2) is 68.5. The van der Waals surface area contributed by atoms with Gasteiger partial charge in [0.15, 0.2) is 12.2 Å². The molecular weight excluding hydrogens is 1270 g/mol. The summed E-state index contributed by atoms with van der Waals surface area (Å²) in [7, 11) is -9.91. The van der Waals surface area contributed by atoms with Gasteiger partial charge in [-0.05, 0) is 43.4 Å². The van der Waals surface area contributed by atoms with E-state index in [1.54, 1.807) is 0 Å². The second-order valence-electron chi connectivity index (χ2n) is 29.5. The van der Waals surface area contributed by atoms with Crippen molar-refractivity contribution in [2.24, 2.45) is 17.8 Å². The van der Waals surface area contributed by atoms with Crippen molar-refractivity contribution in [2.45, 2.75) is 420 Å². The highest BCUT2D eigenvalue weighted by molar-refractivity contribution is 7.47. The van der Waals surface area contributed by atoms with Crippen molar-refractivity contribution in [1.29, 1.82) is 0 Å². The number of hydrogen-bond acceptors (Lipinski definition) is 15. The first-order valence-corrected chi connectivity index (χ1v) is 43.3. The first kappa shape index (κ1) is 95.1. The Kier molecular flexibility index (Phi) is 67.1. The van der Waals surface area contributed by atoms with Gasteiger partial charge < -0.3 is 33.8 Å². The van der Waals surface area contributed by atoms with Crippen molar-refractivity contribution < 1.29 is 80.2 Å². The average molecular weight is 1420 g/mol. The predicted molar refractivity (Wildman–Crippen MR) is 395 cm³/mol. The summed E-state index contributed by atoms with van der Waals surface area (Å²) in [6.07, 6.45) is 55.7. The lowest BCUT2D eigenvalue weighted by Gasteiger charge is -2.21. The molecule has 0 aliphatic rings. The minimum Gasteiger partial charge on any atom is -0.462 e. The molecule has 17 nitrogen and oxygen atoms in total. The molecule has 0 saturated carbocycles. The zero-order valence-corrected chi connectivity index (χ0v) is 65.3. The van der Waals surface area contributed by atoms with E-state index in [-0.39, 0.29) is 25.7 Å². The standard InChI is InChI=1S/C78H152O17P2/c1-8-9-10-11-12-13-14-15-16-17-18-19-20-25-28-31-39-47-54-61-77(82)94-73(65-88-75(80)59-52-45-38-30-27-24-22-21-23-26-29-35-42-49-56-69(2)3)67-92-96(84,85)90-63-72(79)64-91-97(86,87)93-68-74(66-89-76(81)60-53-46-41-34-37-44-51-58-71(6)7)95-78(83)62-55-48-40-33-32-36-43-50-57-70(4)5/h69-74,79H,8-68H2,1-7H3,(H,84,85)(H,86,87)/t72-,73-,74-/m1/s1. The Bertz CT molecular complexity index is 1890.